The SMILES string of the molecule is CC(C)c1nc(CNC(=O)NCCO)cs1. The van der Waals surface area contributed by atoms with Crippen LogP contribution in [-0.2, 0) is 6.54 Å². The van der Waals surface area contributed by atoms with E-state index >= 15 is 0 Å². The highest BCUT2D eigenvalue weighted by atomic mass is 32.1. The van der Waals surface area contributed by atoms with Gasteiger partial charge in [-0.05, 0) is 0 Å². The summed E-state index contributed by atoms with van der Waals surface area (Å²) in [4.78, 5) is 15.5. The molecule has 0 saturated carbocycles. The summed E-state index contributed by atoms with van der Waals surface area (Å²) < 4.78 is 0. The van der Waals surface area contributed by atoms with Crippen LogP contribution in [0.25, 0.3) is 0 Å². The first kappa shape index (κ1) is 12.9. The van der Waals surface area contributed by atoms with Gasteiger partial charge in [-0.1, -0.05) is 13.8 Å². The standard InChI is InChI=1S/C10H17N3O2S/c1-7(2)9-13-8(6-16-9)5-12-10(15)11-3-4-14/h6-7,14H,3-5H2,1-2H3,(H2,11,12,15). The van der Waals surface area contributed by atoms with Gasteiger partial charge in [0.2, 0.25) is 0 Å². The van der Waals surface area contributed by atoms with Crippen molar-refractivity contribution in [3.8, 4) is 0 Å². The van der Waals surface area contributed by atoms with Gasteiger partial charge in [0.1, 0.15) is 0 Å². The van der Waals surface area contributed by atoms with Crippen LogP contribution in [0.2, 0.25) is 0 Å². The molecule has 1 rings (SSSR count). The number of aliphatic hydroxyl groups excluding tert-OH is 1. The number of rotatable bonds is 5. The minimum absolute atomic E-state index is 0.0539. The van der Waals surface area contributed by atoms with E-state index in [1.807, 2.05) is 5.38 Å². The van der Waals surface area contributed by atoms with Crippen LogP contribution in [0.5, 0.6) is 0 Å². The summed E-state index contributed by atoms with van der Waals surface area (Å²) in [7, 11) is 0. The number of amides is 2. The number of nitrogens with one attached hydrogen (secondary N) is 2. The van der Waals surface area contributed by atoms with Gasteiger partial charge in [-0.3, -0.25) is 0 Å². The van der Waals surface area contributed by atoms with E-state index in [1.54, 1.807) is 11.3 Å². The molecular weight excluding hydrogens is 226 g/mol. The first-order valence-electron chi connectivity index (χ1n) is 5.20. The van der Waals surface area contributed by atoms with Crippen molar-refractivity contribution < 1.29 is 9.90 Å². The lowest BCUT2D eigenvalue weighted by atomic mass is 10.2. The molecule has 0 fully saturated rings. The van der Waals surface area contributed by atoms with Crippen LogP contribution in [0.1, 0.15) is 30.5 Å². The molecule has 0 unspecified atom stereocenters. The number of hydrogen-bond acceptors (Lipinski definition) is 4. The van der Waals surface area contributed by atoms with Crippen molar-refractivity contribution in [1.82, 2.24) is 15.6 Å². The molecule has 0 aromatic carbocycles. The molecule has 0 saturated heterocycles. The van der Waals surface area contributed by atoms with Crippen molar-refractivity contribution in [3.63, 3.8) is 0 Å². The summed E-state index contributed by atoms with van der Waals surface area (Å²) in [6, 6.07) is -0.284. The zero-order valence-electron chi connectivity index (χ0n) is 9.49. The smallest absolute Gasteiger partial charge is 0.315 e. The van der Waals surface area contributed by atoms with Gasteiger partial charge in [-0.15, -0.1) is 11.3 Å². The lowest BCUT2D eigenvalue weighted by Crippen LogP contribution is -2.36. The molecule has 90 valence electrons. The predicted molar refractivity (Wildman–Crippen MR) is 63.5 cm³/mol. The number of aromatic nitrogens is 1. The quantitative estimate of drug-likeness (QED) is 0.724. The molecule has 0 radical (unpaired) electrons. The molecule has 1 heterocycles. The second-order valence-electron chi connectivity index (χ2n) is 3.66. The lowest BCUT2D eigenvalue weighted by molar-refractivity contribution is 0.234. The topological polar surface area (TPSA) is 74.2 Å². The van der Waals surface area contributed by atoms with Crippen LogP contribution in [0.3, 0.4) is 0 Å². The molecule has 5 nitrogen and oxygen atoms in total. The van der Waals surface area contributed by atoms with E-state index in [2.05, 4.69) is 29.5 Å². The zero-order valence-corrected chi connectivity index (χ0v) is 10.3. The Bertz CT molecular complexity index is 339. The van der Waals surface area contributed by atoms with Gasteiger partial charge in [0.05, 0.1) is 23.9 Å². The van der Waals surface area contributed by atoms with Gasteiger partial charge in [-0.25, -0.2) is 9.78 Å². The number of nitrogens with zero attached hydrogens (tertiary/aromatic N) is 1. The summed E-state index contributed by atoms with van der Waals surface area (Å²) in [6.07, 6.45) is 0. The highest BCUT2D eigenvalue weighted by molar-refractivity contribution is 7.09. The van der Waals surface area contributed by atoms with Crippen LogP contribution < -0.4 is 10.6 Å². The Labute approximate surface area is 98.9 Å². The molecule has 3 N–H and O–H groups in total. The molecule has 0 spiro atoms. The largest absolute Gasteiger partial charge is 0.395 e. The third-order valence-electron chi connectivity index (χ3n) is 1.89. The van der Waals surface area contributed by atoms with Gasteiger partial charge in [0, 0.05) is 17.8 Å². The minimum Gasteiger partial charge on any atom is -0.395 e. The Morgan fingerprint density at radius 3 is 2.88 bits per heavy atom. The van der Waals surface area contributed by atoms with Gasteiger partial charge < -0.3 is 15.7 Å². The number of urea groups is 1. The summed E-state index contributed by atoms with van der Waals surface area (Å²) in [5.41, 5.74) is 0.868. The summed E-state index contributed by atoms with van der Waals surface area (Å²) in [5, 5.41) is 16.7. The summed E-state index contributed by atoms with van der Waals surface area (Å²) in [6.45, 7) is 4.80. The molecular formula is C10H17N3O2S. The van der Waals surface area contributed by atoms with Crippen molar-refractivity contribution in [2.24, 2.45) is 0 Å². The average Bonchev–Trinajstić information content (AvgIpc) is 2.72. The molecule has 2 amide bonds. The maximum Gasteiger partial charge on any atom is 0.315 e. The predicted octanol–water partition coefficient (Wildman–Crippen LogP) is 1.06. The van der Waals surface area contributed by atoms with Gasteiger partial charge in [-0.2, -0.15) is 0 Å². The summed E-state index contributed by atoms with van der Waals surface area (Å²) >= 11 is 1.60. The Balaban J connectivity index is 2.33. The third-order valence-corrected chi connectivity index (χ3v) is 3.08. The first-order chi connectivity index (χ1) is 7.63. The van der Waals surface area contributed by atoms with E-state index in [1.165, 1.54) is 0 Å². The monoisotopic (exact) mass is 243 g/mol. The second-order valence-corrected chi connectivity index (χ2v) is 4.55. The fourth-order valence-corrected chi connectivity index (χ4v) is 1.91. The van der Waals surface area contributed by atoms with E-state index in [4.69, 9.17) is 5.11 Å². The molecule has 0 atom stereocenters. The number of hydrogen-bond donors (Lipinski definition) is 3. The van der Waals surface area contributed by atoms with Crippen molar-refractivity contribution in [1.29, 1.82) is 0 Å². The Hall–Kier alpha value is -1.14. The third kappa shape index (κ3) is 4.16. The first-order valence-corrected chi connectivity index (χ1v) is 6.08. The van der Waals surface area contributed by atoms with Crippen molar-refractivity contribution in [2.75, 3.05) is 13.2 Å². The normalized spacial score (nSPS) is 10.5. The fourth-order valence-electron chi connectivity index (χ4n) is 1.07. The summed E-state index contributed by atoms with van der Waals surface area (Å²) in [5.74, 6) is 0.418. The number of thiazole rings is 1. The minimum atomic E-state index is -0.284. The number of carbonyl (C=O) groups is 1. The molecule has 1 aromatic rings. The molecule has 1 aromatic heterocycles. The Morgan fingerprint density at radius 1 is 1.56 bits per heavy atom. The number of carbonyl (C=O) groups excluding carboxylic acids is 1. The molecule has 0 bridgehead atoms. The molecule has 0 aliphatic carbocycles. The highest BCUT2D eigenvalue weighted by Crippen LogP contribution is 2.18. The second kappa shape index (κ2) is 6.44. The van der Waals surface area contributed by atoms with Crippen LogP contribution in [0.15, 0.2) is 5.38 Å². The van der Waals surface area contributed by atoms with Crippen molar-refractivity contribution in [2.45, 2.75) is 26.3 Å². The molecule has 0 aliphatic heterocycles. The van der Waals surface area contributed by atoms with Crippen LogP contribution in [0.4, 0.5) is 4.79 Å². The van der Waals surface area contributed by atoms with E-state index in [9.17, 15) is 4.79 Å². The maximum atomic E-state index is 11.2. The molecule has 0 aliphatic rings. The van der Waals surface area contributed by atoms with Gasteiger partial charge >= 0.3 is 6.03 Å². The van der Waals surface area contributed by atoms with Crippen LogP contribution >= 0.6 is 11.3 Å². The van der Waals surface area contributed by atoms with Crippen molar-refractivity contribution in [3.05, 3.63) is 16.1 Å². The zero-order chi connectivity index (χ0) is 12.0. The Kier molecular flexibility index (Phi) is 5.21. The van der Waals surface area contributed by atoms with Gasteiger partial charge in [0.25, 0.3) is 0 Å². The fraction of sp³-hybridized carbons (Fsp3) is 0.600. The maximum absolute atomic E-state index is 11.2. The van der Waals surface area contributed by atoms with Gasteiger partial charge in [0.15, 0.2) is 0 Å². The lowest BCUT2D eigenvalue weighted by Gasteiger charge is -2.04. The van der Waals surface area contributed by atoms with Crippen LogP contribution in [0, 0.1) is 0 Å². The van der Waals surface area contributed by atoms with Crippen molar-refractivity contribution >= 4 is 17.4 Å². The van der Waals surface area contributed by atoms with E-state index < -0.39 is 0 Å². The van der Waals surface area contributed by atoms with E-state index in [-0.39, 0.29) is 19.2 Å². The average molecular weight is 243 g/mol. The van der Waals surface area contributed by atoms with E-state index in [0.717, 1.165) is 10.7 Å². The molecule has 6 heteroatoms. The number of aliphatic hydroxyl groups is 1. The highest BCUT2D eigenvalue weighted by Gasteiger charge is 2.06. The van der Waals surface area contributed by atoms with E-state index in [0.29, 0.717) is 12.5 Å². The molecule has 16 heavy (non-hydrogen) atoms. The Morgan fingerprint density at radius 2 is 2.31 bits per heavy atom. The van der Waals surface area contributed by atoms with Crippen LogP contribution in [-0.4, -0.2) is 29.3 Å².